The van der Waals surface area contributed by atoms with E-state index in [1.807, 2.05) is 13.0 Å². The number of benzene rings is 1. The first-order chi connectivity index (χ1) is 9.16. The molecule has 0 saturated heterocycles. The highest BCUT2D eigenvalue weighted by atomic mass is 19.1. The van der Waals surface area contributed by atoms with Crippen LogP contribution in [0.5, 0.6) is 0 Å². The Morgan fingerprint density at radius 1 is 1.16 bits per heavy atom. The van der Waals surface area contributed by atoms with Gasteiger partial charge in [-0.15, -0.1) is 0 Å². The highest BCUT2D eigenvalue weighted by Crippen LogP contribution is 2.27. The van der Waals surface area contributed by atoms with Gasteiger partial charge in [0.25, 0.3) is 0 Å². The molecule has 0 bridgehead atoms. The maximum atomic E-state index is 13.1. The van der Waals surface area contributed by atoms with Crippen LogP contribution in [0.2, 0.25) is 0 Å². The Bertz CT molecular complexity index is 394. The van der Waals surface area contributed by atoms with Crippen LogP contribution in [0.3, 0.4) is 0 Å². The summed E-state index contributed by atoms with van der Waals surface area (Å²) in [5, 5.41) is 10.4. The van der Waals surface area contributed by atoms with Crippen molar-refractivity contribution >= 4 is 0 Å². The van der Waals surface area contributed by atoms with Crippen molar-refractivity contribution in [3.63, 3.8) is 0 Å². The summed E-state index contributed by atoms with van der Waals surface area (Å²) < 4.78 is 13.1. The SMILES string of the molecule is Cc1cc(F)ccc1CC(O)C1CCCCCCC1. The zero-order valence-corrected chi connectivity index (χ0v) is 11.9. The van der Waals surface area contributed by atoms with Crippen molar-refractivity contribution in [2.45, 2.75) is 64.4 Å². The standard InChI is InChI=1S/C17H25FO/c1-13-11-16(18)10-9-15(13)12-17(19)14-7-5-3-2-4-6-8-14/h9-11,14,17,19H,2-8,12H2,1H3. The van der Waals surface area contributed by atoms with E-state index in [9.17, 15) is 9.50 Å². The molecule has 0 heterocycles. The molecular weight excluding hydrogens is 239 g/mol. The van der Waals surface area contributed by atoms with E-state index >= 15 is 0 Å². The van der Waals surface area contributed by atoms with Gasteiger partial charge >= 0.3 is 0 Å². The molecule has 0 spiro atoms. The van der Waals surface area contributed by atoms with Crippen LogP contribution < -0.4 is 0 Å². The van der Waals surface area contributed by atoms with Gasteiger partial charge in [0, 0.05) is 0 Å². The molecule has 1 aliphatic rings. The molecule has 1 aliphatic carbocycles. The lowest BCUT2D eigenvalue weighted by Gasteiger charge is -2.25. The Morgan fingerprint density at radius 3 is 2.42 bits per heavy atom. The van der Waals surface area contributed by atoms with Gasteiger partial charge in [0.15, 0.2) is 0 Å². The van der Waals surface area contributed by atoms with Crippen molar-refractivity contribution in [1.82, 2.24) is 0 Å². The summed E-state index contributed by atoms with van der Waals surface area (Å²) in [6, 6.07) is 4.87. The minimum absolute atomic E-state index is 0.193. The van der Waals surface area contributed by atoms with Crippen molar-refractivity contribution in [3.05, 3.63) is 35.1 Å². The van der Waals surface area contributed by atoms with E-state index in [0.717, 1.165) is 24.0 Å². The molecule has 2 heteroatoms. The van der Waals surface area contributed by atoms with Crippen molar-refractivity contribution in [1.29, 1.82) is 0 Å². The fourth-order valence-corrected chi connectivity index (χ4v) is 3.15. The van der Waals surface area contributed by atoms with E-state index in [0.29, 0.717) is 12.3 Å². The lowest BCUT2D eigenvalue weighted by molar-refractivity contribution is 0.0912. The first kappa shape index (κ1) is 14.5. The van der Waals surface area contributed by atoms with Crippen LogP contribution in [0, 0.1) is 18.7 Å². The first-order valence-electron chi connectivity index (χ1n) is 7.60. The van der Waals surface area contributed by atoms with Gasteiger partial charge in [-0.05, 0) is 55.4 Å². The second kappa shape index (κ2) is 7.04. The van der Waals surface area contributed by atoms with E-state index in [1.165, 1.54) is 38.2 Å². The Balaban J connectivity index is 1.96. The lowest BCUT2D eigenvalue weighted by atomic mass is 9.84. The zero-order chi connectivity index (χ0) is 13.7. The summed E-state index contributed by atoms with van der Waals surface area (Å²) in [7, 11) is 0. The predicted molar refractivity (Wildman–Crippen MR) is 76.7 cm³/mol. The highest BCUT2D eigenvalue weighted by molar-refractivity contribution is 5.27. The van der Waals surface area contributed by atoms with E-state index in [4.69, 9.17) is 0 Å². The normalized spacial score (nSPS) is 19.7. The molecule has 1 fully saturated rings. The number of halogens is 1. The van der Waals surface area contributed by atoms with Crippen LogP contribution in [0.1, 0.15) is 56.1 Å². The number of aliphatic hydroxyl groups is 1. The van der Waals surface area contributed by atoms with Gasteiger partial charge in [0.1, 0.15) is 5.82 Å². The Hall–Kier alpha value is -0.890. The van der Waals surface area contributed by atoms with Gasteiger partial charge in [-0.1, -0.05) is 38.2 Å². The van der Waals surface area contributed by atoms with Crippen molar-refractivity contribution < 1.29 is 9.50 Å². The number of hydrogen-bond acceptors (Lipinski definition) is 1. The van der Waals surface area contributed by atoms with Crippen LogP contribution in [-0.4, -0.2) is 11.2 Å². The molecule has 1 saturated carbocycles. The molecule has 0 radical (unpaired) electrons. The fourth-order valence-electron chi connectivity index (χ4n) is 3.15. The van der Waals surface area contributed by atoms with Gasteiger partial charge in [-0.2, -0.15) is 0 Å². The molecule has 1 aromatic rings. The Kier molecular flexibility index (Phi) is 5.38. The maximum Gasteiger partial charge on any atom is 0.123 e. The van der Waals surface area contributed by atoms with Crippen molar-refractivity contribution in [3.8, 4) is 0 Å². The van der Waals surface area contributed by atoms with Crippen LogP contribution in [0.15, 0.2) is 18.2 Å². The molecule has 106 valence electrons. The topological polar surface area (TPSA) is 20.2 Å². The largest absolute Gasteiger partial charge is 0.392 e. The third-order valence-electron chi connectivity index (χ3n) is 4.43. The van der Waals surface area contributed by atoms with Gasteiger partial charge in [-0.25, -0.2) is 4.39 Å². The monoisotopic (exact) mass is 264 g/mol. The second-order valence-corrected chi connectivity index (χ2v) is 5.95. The Morgan fingerprint density at radius 2 is 1.79 bits per heavy atom. The Labute approximate surface area is 115 Å². The first-order valence-corrected chi connectivity index (χ1v) is 7.60. The molecule has 1 unspecified atom stereocenters. The van der Waals surface area contributed by atoms with Crippen LogP contribution in [0.4, 0.5) is 4.39 Å². The smallest absolute Gasteiger partial charge is 0.123 e. The molecule has 0 amide bonds. The predicted octanol–water partition coefficient (Wildman–Crippen LogP) is 4.40. The average molecular weight is 264 g/mol. The highest BCUT2D eigenvalue weighted by Gasteiger charge is 2.20. The molecule has 0 aromatic heterocycles. The summed E-state index contributed by atoms with van der Waals surface area (Å²) >= 11 is 0. The van der Waals surface area contributed by atoms with Gasteiger partial charge < -0.3 is 5.11 Å². The molecule has 19 heavy (non-hydrogen) atoms. The summed E-state index contributed by atoms with van der Waals surface area (Å²) in [4.78, 5) is 0. The number of hydrogen-bond donors (Lipinski definition) is 1. The maximum absolute atomic E-state index is 13.1. The summed E-state index contributed by atoms with van der Waals surface area (Å²) in [6.45, 7) is 1.92. The molecule has 0 aliphatic heterocycles. The quantitative estimate of drug-likeness (QED) is 0.858. The number of aryl methyl sites for hydroxylation is 1. The number of aliphatic hydroxyl groups excluding tert-OH is 1. The molecule has 1 atom stereocenters. The number of rotatable bonds is 3. The molecule has 1 aromatic carbocycles. The van der Waals surface area contributed by atoms with Gasteiger partial charge in [-0.3, -0.25) is 0 Å². The zero-order valence-electron chi connectivity index (χ0n) is 11.9. The third-order valence-corrected chi connectivity index (χ3v) is 4.43. The van der Waals surface area contributed by atoms with Gasteiger partial charge in [0.05, 0.1) is 6.10 Å². The minimum atomic E-state index is -0.276. The van der Waals surface area contributed by atoms with Crippen LogP contribution >= 0.6 is 0 Å². The molecular formula is C17H25FO. The minimum Gasteiger partial charge on any atom is -0.392 e. The van der Waals surface area contributed by atoms with E-state index in [1.54, 1.807) is 6.07 Å². The van der Waals surface area contributed by atoms with Gasteiger partial charge in [0.2, 0.25) is 0 Å². The fraction of sp³-hybridized carbons (Fsp3) is 0.647. The van der Waals surface area contributed by atoms with Crippen LogP contribution in [-0.2, 0) is 6.42 Å². The van der Waals surface area contributed by atoms with E-state index in [2.05, 4.69) is 0 Å². The molecule has 1 nitrogen and oxygen atoms in total. The van der Waals surface area contributed by atoms with E-state index in [-0.39, 0.29) is 11.9 Å². The summed E-state index contributed by atoms with van der Waals surface area (Å²) in [6.07, 6.45) is 9.10. The van der Waals surface area contributed by atoms with E-state index < -0.39 is 0 Å². The van der Waals surface area contributed by atoms with Crippen molar-refractivity contribution in [2.24, 2.45) is 5.92 Å². The van der Waals surface area contributed by atoms with Crippen LogP contribution in [0.25, 0.3) is 0 Å². The van der Waals surface area contributed by atoms with Crippen molar-refractivity contribution in [2.75, 3.05) is 0 Å². The average Bonchev–Trinajstić information content (AvgIpc) is 2.32. The second-order valence-electron chi connectivity index (χ2n) is 5.95. The summed E-state index contributed by atoms with van der Waals surface area (Å²) in [5.41, 5.74) is 2.03. The molecule has 1 N–H and O–H groups in total. The third kappa shape index (κ3) is 4.31. The summed E-state index contributed by atoms with van der Waals surface area (Å²) in [5.74, 6) is 0.228. The molecule has 2 rings (SSSR count). The lowest BCUT2D eigenvalue weighted by Crippen LogP contribution is -2.24.